The third-order valence-corrected chi connectivity index (χ3v) is 6.91. The third kappa shape index (κ3) is 2.69. The van der Waals surface area contributed by atoms with Crippen LogP contribution in [0.25, 0.3) is 0 Å². The van der Waals surface area contributed by atoms with Crippen molar-refractivity contribution in [3.05, 3.63) is 10.7 Å². The first kappa shape index (κ1) is 14.2. The van der Waals surface area contributed by atoms with Crippen LogP contribution >= 0.6 is 22.9 Å². The lowest BCUT2D eigenvalue weighted by atomic mass is 10.2. The minimum absolute atomic E-state index is 0.0913. The summed E-state index contributed by atoms with van der Waals surface area (Å²) in [5.74, 6) is -0.191. The van der Waals surface area contributed by atoms with Gasteiger partial charge in [-0.25, -0.2) is 13.4 Å². The Kier molecular flexibility index (Phi) is 3.74. The normalized spacial score (nSPS) is 23.9. The molecule has 0 bridgehead atoms. The van der Waals surface area contributed by atoms with E-state index < -0.39 is 16.1 Å². The molecule has 110 valence electrons. The zero-order chi connectivity index (χ0) is 14.3. The van der Waals surface area contributed by atoms with Crippen LogP contribution in [0.15, 0.2) is 10.4 Å². The highest BCUT2D eigenvalue weighted by Crippen LogP contribution is 2.31. The first-order chi connectivity index (χ1) is 9.48. The number of carbonyl (C=O) groups is 1. The summed E-state index contributed by atoms with van der Waals surface area (Å²) in [5.41, 5.74) is 0. The summed E-state index contributed by atoms with van der Waals surface area (Å²) >= 11 is 6.61. The summed E-state index contributed by atoms with van der Waals surface area (Å²) < 4.78 is 26.6. The fourth-order valence-electron chi connectivity index (χ4n) is 2.29. The van der Waals surface area contributed by atoms with Gasteiger partial charge in [-0.1, -0.05) is 22.9 Å². The zero-order valence-electron chi connectivity index (χ0n) is 10.6. The molecule has 1 saturated carbocycles. The molecule has 1 N–H and O–H groups in total. The van der Waals surface area contributed by atoms with E-state index in [1.807, 2.05) is 0 Å². The Morgan fingerprint density at radius 2 is 2.20 bits per heavy atom. The molecular formula is C11H14ClN3O3S2. The number of hydrogen-bond donors (Lipinski definition) is 1. The van der Waals surface area contributed by atoms with E-state index in [1.54, 1.807) is 0 Å². The number of thiazole rings is 1. The monoisotopic (exact) mass is 335 g/mol. The van der Waals surface area contributed by atoms with Crippen LogP contribution < -0.4 is 5.32 Å². The van der Waals surface area contributed by atoms with Gasteiger partial charge in [0.05, 0.1) is 6.20 Å². The molecule has 1 aliphatic carbocycles. The minimum Gasteiger partial charge on any atom is -0.352 e. The van der Waals surface area contributed by atoms with Crippen molar-refractivity contribution in [2.75, 3.05) is 6.54 Å². The van der Waals surface area contributed by atoms with Crippen molar-refractivity contribution in [3.63, 3.8) is 0 Å². The fourth-order valence-corrected chi connectivity index (χ4v) is 5.37. The Hall–Kier alpha value is -0.700. The second-order valence-electron chi connectivity index (χ2n) is 4.99. The molecule has 1 aromatic rings. The minimum atomic E-state index is -3.68. The molecule has 1 aromatic heterocycles. The van der Waals surface area contributed by atoms with E-state index in [4.69, 9.17) is 11.6 Å². The highest BCUT2D eigenvalue weighted by atomic mass is 35.5. The van der Waals surface area contributed by atoms with Crippen LogP contribution in [0.2, 0.25) is 4.47 Å². The number of carbonyl (C=O) groups excluding carboxylic acids is 1. The average molecular weight is 336 g/mol. The first-order valence-corrected chi connectivity index (χ1v) is 9.05. The maximum absolute atomic E-state index is 12.5. The second kappa shape index (κ2) is 5.25. The van der Waals surface area contributed by atoms with Crippen molar-refractivity contribution in [1.82, 2.24) is 14.6 Å². The van der Waals surface area contributed by atoms with Crippen LogP contribution in [0.1, 0.15) is 25.7 Å². The number of halogens is 1. The van der Waals surface area contributed by atoms with E-state index in [0.717, 1.165) is 24.2 Å². The predicted octanol–water partition coefficient (Wildman–Crippen LogP) is 1.23. The van der Waals surface area contributed by atoms with Crippen LogP contribution in [0.4, 0.5) is 0 Å². The molecule has 0 spiro atoms. The average Bonchev–Trinajstić information content (AvgIpc) is 2.92. The Bertz CT molecular complexity index is 627. The topological polar surface area (TPSA) is 79.4 Å². The summed E-state index contributed by atoms with van der Waals surface area (Å²) in [5, 5.41) is 2.87. The molecule has 0 aromatic carbocycles. The molecule has 20 heavy (non-hydrogen) atoms. The molecule has 1 aliphatic heterocycles. The number of sulfonamides is 1. The van der Waals surface area contributed by atoms with Crippen LogP contribution in [0, 0.1) is 0 Å². The molecule has 0 radical (unpaired) electrons. The third-order valence-electron chi connectivity index (χ3n) is 3.45. The van der Waals surface area contributed by atoms with Gasteiger partial charge in [0, 0.05) is 12.6 Å². The highest BCUT2D eigenvalue weighted by Gasteiger charge is 2.41. The van der Waals surface area contributed by atoms with Gasteiger partial charge in [0.25, 0.3) is 10.0 Å². The molecule has 2 aliphatic rings. The lowest BCUT2D eigenvalue weighted by molar-refractivity contribution is -0.124. The second-order valence-corrected chi connectivity index (χ2v) is 8.72. The Balaban J connectivity index is 1.82. The van der Waals surface area contributed by atoms with E-state index in [0.29, 0.717) is 19.4 Å². The van der Waals surface area contributed by atoms with Gasteiger partial charge in [0.1, 0.15) is 6.04 Å². The maximum atomic E-state index is 12.5. The number of hydrogen-bond acceptors (Lipinski definition) is 5. The molecule has 2 fully saturated rings. The number of nitrogens with one attached hydrogen (secondary N) is 1. The lowest BCUT2D eigenvalue weighted by Gasteiger charge is -2.22. The number of rotatable bonds is 4. The highest BCUT2D eigenvalue weighted by molar-refractivity contribution is 7.91. The van der Waals surface area contributed by atoms with Crippen molar-refractivity contribution in [1.29, 1.82) is 0 Å². The lowest BCUT2D eigenvalue weighted by Crippen LogP contribution is -2.46. The SMILES string of the molecule is O=C(NC1CC1)C1CCCN1S(=O)(=O)c1cnc(Cl)s1. The summed E-state index contributed by atoms with van der Waals surface area (Å²) in [7, 11) is -3.68. The molecule has 1 unspecified atom stereocenters. The summed E-state index contributed by atoms with van der Waals surface area (Å²) in [6.07, 6.45) is 4.46. The molecule has 2 heterocycles. The van der Waals surface area contributed by atoms with Crippen molar-refractivity contribution >= 4 is 38.9 Å². The summed E-state index contributed by atoms with van der Waals surface area (Å²) in [6.45, 7) is 0.362. The molecule has 6 nitrogen and oxygen atoms in total. The quantitative estimate of drug-likeness (QED) is 0.897. The Labute approximate surface area is 126 Å². The molecule has 1 amide bonds. The fraction of sp³-hybridized carbons (Fsp3) is 0.636. The van der Waals surface area contributed by atoms with E-state index in [9.17, 15) is 13.2 Å². The van der Waals surface area contributed by atoms with Gasteiger partial charge in [-0.05, 0) is 25.7 Å². The molecule has 3 rings (SSSR count). The number of aromatic nitrogens is 1. The van der Waals surface area contributed by atoms with Crippen LogP contribution in [0.5, 0.6) is 0 Å². The smallest absolute Gasteiger partial charge is 0.254 e. The first-order valence-electron chi connectivity index (χ1n) is 6.42. The van der Waals surface area contributed by atoms with Crippen molar-refractivity contribution < 1.29 is 13.2 Å². The molecular weight excluding hydrogens is 322 g/mol. The Morgan fingerprint density at radius 1 is 1.45 bits per heavy atom. The number of amides is 1. The standard InChI is InChI=1S/C11H14ClN3O3S2/c12-11-13-6-9(19-11)20(17,18)15-5-1-2-8(15)10(16)14-7-3-4-7/h6-8H,1-5H2,(H,14,16). The van der Waals surface area contributed by atoms with Gasteiger partial charge in [0.15, 0.2) is 8.68 Å². The largest absolute Gasteiger partial charge is 0.352 e. The van der Waals surface area contributed by atoms with Gasteiger partial charge in [0.2, 0.25) is 5.91 Å². The van der Waals surface area contributed by atoms with E-state index >= 15 is 0 Å². The molecule has 9 heteroatoms. The van der Waals surface area contributed by atoms with Crippen LogP contribution in [0.3, 0.4) is 0 Å². The van der Waals surface area contributed by atoms with Crippen LogP contribution in [-0.4, -0.2) is 42.2 Å². The van der Waals surface area contributed by atoms with Crippen LogP contribution in [-0.2, 0) is 14.8 Å². The van der Waals surface area contributed by atoms with Gasteiger partial charge < -0.3 is 5.32 Å². The number of nitrogens with zero attached hydrogens (tertiary/aromatic N) is 2. The maximum Gasteiger partial charge on any atom is 0.254 e. The molecule has 1 saturated heterocycles. The Morgan fingerprint density at radius 3 is 2.80 bits per heavy atom. The van der Waals surface area contributed by atoms with Gasteiger partial charge in [-0.15, -0.1) is 0 Å². The van der Waals surface area contributed by atoms with E-state index in [1.165, 1.54) is 10.5 Å². The predicted molar refractivity (Wildman–Crippen MR) is 75.2 cm³/mol. The van der Waals surface area contributed by atoms with Crippen molar-refractivity contribution in [2.45, 2.75) is 42.0 Å². The van der Waals surface area contributed by atoms with E-state index in [2.05, 4.69) is 10.3 Å². The van der Waals surface area contributed by atoms with Gasteiger partial charge in [-0.3, -0.25) is 4.79 Å². The zero-order valence-corrected chi connectivity index (χ0v) is 13.0. The van der Waals surface area contributed by atoms with Crippen molar-refractivity contribution in [3.8, 4) is 0 Å². The van der Waals surface area contributed by atoms with Crippen molar-refractivity contribution in [2.24, 2.45) is 0 Å². The summed E-state index contributed by atoms with van der Waals surface area (Å²) in [4.78, 5) is 15.9. The van der Waals surface area contributed by atoms with E-state index in [-0.39, 0.29) is 20.6 Å². The van der Waals surface area contributed by atoms with Gasteiger partial charge in [-0.2, -0.15) is 4.31 Å². The van der Waals surface area contributed by atoms with Gasteiger partial charge >= 0.3 is 0 Å². The summed E-state index contributed by atoms with van der Waals surface area (Å²) in [6, 6.07) is -0.382. The molecule has 1 atom stereocenters.